The molecule has 0 aliphatic heterocycles. The zero-order valence-electron chi connectivity index (χ0n) is 9.78. The van der Waals surface area contributed by atoms with Gasteiger partial charge in [0.05, 0.1) is 6.20 Å². The maximum atomic E-state index is 4.19. The van der Waals surface area contributed by atoms with E-state index >= 15 is 0 Å². The Labute approximate surface area is 101 Å². The minimum absolute atomic E-state index is 0.587. The maximum absolute atomic E-state index is 4.19. The van der Waals surface area contributed by atoms with Crippen molar-refractivity contribution in [1.29, 1.82) is 0 Å². The highest BCUT2D eigenvalue weighted by atomic mass is 79.9. The van der Waals surface area contributed by atoms with E-state index in [4.69, 9.17) is 0 Å². The maximum Gasteiger partial charge on any atom is 0.0534 e. The van der Waals surface area contributed by atoms with Gasteiger partial charge in [0.25, 0.3) is 0 Å². The highest BCUT2D eigenvalue weighted by Crippen LogP contribution is 2.08. The number of aromatic nitrogens is 2. The summed E-state index contributed by atoms with van der Waals surface area (Å²) in [7, 11) is 1.96. The number of hydrogen-bond donors (Lipinski definition) is 0. The van der Waals surface area contributed by atoms with E-state index in [0.717, 1.165) is 18.4 Å². The van der Waals surface area contributed by atoms with Crippen LogP contribution in [0.25, 0.3) is 0 Å². The van der Waals surface area contributed by atoms with Gasteiger partial charge in [0.1, 0.15) is 0 Å². The molecule has 0 saturated heterocycles. The van der Waals surface area contributed by atoms with E-state index in [1.54, 1.807) is 0 Å². The summed E-state index contributed by atoms with van der Waals surface area (Å²) in [6.07, 6.45) is 5.23. The fraction of sp³-hybridized carbons (Fsp3) is 0.727. The van der Waals surface area contributed by atoms with E-state index in [1.807, 2.05) is 17.9 Å². The van der Waals surface area contributed by atoms with Crippen LogP contribution in [-0.2, 0) is 13.6 Å². The third-order valence-corrected chi connectivity index (χ3v) is 3.01. The molecule has 1 aromatic rings. The molecule has 0 aliphatic carbocycles. The first-order chi connectivity index (χ1) is 7.13. The highest BCUT2D eigenvalue weighted by Gasteiger charge is 2.10. The normalized spacial score (nSPS) is 11.6. The Balaban J connectivity index is 2.50. The zero-order chi connectivity index (χ0) is 11.3. The van der Waals surface area contributed by atoms with E-state index in [9.17, 15) is 0 Å². The lowest BCUT2D eigenvalue weighted by Gasteiger charge is -2.25. The second-order valence-electron chi connectivity index (χ2n) is 4.13. The number of nitrogens with zero attached hydrogens (tertiary/aromatic N) is 3. The number of rotatable bonds is 6. The summed E-state index contributed by atoms with van der Waals surface area (Å²) in [6, 6.07) is 0.587. The predicted octanol–water partition coefficient (Wildman–Crippen LogP) is 2.42. The van der Waals surface area contributed by atoms with Crippen LogP contribution < -0.4 is 0 Å². The molecular formula is C11H20BrN3. The van der Waals surface area contributed by atoms with Gasteiger partial charge in [-0.2, -0.15) is 5.10 Å². The van der Waals surface area contributed by atoms with Crippen molar-refractivity contribution in [3.63, 3.8) is 0 Å². The van der Waals surface area contributed by atoms with Gasteiger partial charge in [-0.1, -0.05) is 15.9 Å². The minimum atomic E-state index is 0.587. The molecule has 86 valence electrons. The van der Waals surface area contributed by atoms with Crippen LogP contribution in [0.2, 0.25) is 0 Å². The molecule has 0 amide bonds. The van der Waals surface area contributed by atoms with Gasteiger partial charge in [0.2, 0.25) is 0 Å². The molecule has 0 radical (unpaired) electrons. The van der Waals surface area contributed by atoms with Gasteiger partial charge < -0.3 is 0 Å². The van der Waals surface area contributed by atoms with Crippen molar-refractivity contribution in [3.05, 3.63) is 18.0 Å². The van der Waals surface area contributed by atoms with Crippen LogP contribution in [0.15, 0.2) is 12.4 Å². The highest BCUT2D eigenvalue weighted by molar-refractivity contribution is 9.09. The van der Waals surface area contributed by atoms with Crippen LogP contribution in [0.5, 0.6) is 0 Å². The summed E-state index contributed by atoms with van der Waals surface area (Å²) in [6.45, 7) is 6.62. The number of hydrogen-bond acceptors (Lipinski definition) is 2. The van der Waals surface area contributed by atoms with E-state index in [0.29, 0.717) is 6.04 Å². The molecule has 1 rings (SSSR count). The van der Waals surface area contributed by atoms with Crippen molar-refractivity contribution in [2.24, 2.45) is 7.05 Å². The van der Waals surface area contributed by atoms with Crippen LogP contribution in [0, 0.1) is 0 Å². The Hall–Kier alpha value is -0.350. The largest absolute Gasteiger partial charge is 0.297 e. The Bertz CT molecular complexity index is 283. The second kappa shape index (κ2) is 6.28. The second-order valence-corrected chi connectivity index (χ2v) is 4.92. The van der Waals surface area contributed by atoms with Gasteiger partial charge in [0, 0.05) is 36.7 Å². The first-order valence-electron chi connectivity index (χ1n) is 5.41. The standard InChI is InChI=1S/C11H20BrN3/c1-10(2)15(6-4-5-12)9-11-7-13-14(3)8-11/h7-8,10H,4-6,9H2,1-3H3. The monoisotopic (exact) mass is 273 g/mol. The first-order valence-corrected chi connectivity index (χ1v) is 6.53. The quantitative estimate of drug-likeness (QED) is 0.743. The topological polar surface area (TPSA) is 21.1 Å². The van der Waals surface area contributed by atoms with Crippen molar-refractivity contribution in [3.8, 4) is 0 Å². The van der Waals surface area contributed by atoms with Crippen LogP contribution in [0.1, 0.15) is 25.8 Å². The minimum Gasteiger partial charge on any atom is -0.297 e. The fourth-order valence-electron chi connectivity index (χ4n) is 1.57. The van der Waals surface area contributed by atoms with Gasteiger partial charge in [-0.15, -0.1) is 0 Å². The lowest BCUT2D eigenvalue weighted by atomic mass is 10.2. The summed E-state index contributed by atoms with van der Waals surface area (Å²) >= 11 is 3.47. The summed E-state index contributed by atoms with van der Waals surface area (Å²) < 4.78 is 1.86. The summed E-state index contributed by atoms with van der Waals surface area (Å²) in [5, 5.41) is 5.26. The average molecular weight is 274 g/mol. The predicted molar refractivity (Wildman–Crippen MR) is 67.2 cm³/mol. The van der Waals surface area contributed by atoms with Gasteiger partial charge in [-0.25, -0.2) is 0 Å². The number of halogens is 1. The molecule has 0 aliphatic rings. The Morgan fingerprint density at radius 1 is 1.53 bits per heavy atom. The van der Waals surface area contributed by atoms with Crippen LogP contribution in [-0.4, -0.2) is 32.6 Å². The van der Waals surface area contributed by atoms with Gasteiger partial charge >= 0.3 is 0 Å². The molecule has 0 spiro atoms. The van der Waals surface area contributed by atoms with E-state index < -0.39 is 0 Å². The molecule has 0 N–H and O–H groups in total. The smallest absolute Gasteiger partial charge is 0.0534 e. The molecule has 1 aromatic heterocycles. The molecule has 0 aromatic carbocycles. The van der Waals surface area contributed by atoms with Gasteiger partial charge in [-0.05, 0) is 26.8 Å². The van der Waals surface area contributed by atoms with Crippen LogP contribution >= 0.6 is 15.9 Å². The number of aryl methyl sites for hydroxylation is 1. The molecule has 0 atom stereocenters. The average Bonchev–Trinajstić information content (AvgIpc) is 2.58. The number of alkyl halides is 1. The first kappa shape index (κ1) is 12.7. The van der Waals surface area contributed by atoms with Crippen molar-refractivity contribution < 1.29 is 0 Å². The van der Waals surface area contributed by atoms with E-state index in [-0.39, 0.29) is 0 Å². The molecule has 0 fully saturated rings. The van der Waals surface area contributed by atoms with Gasteiger partial charge in [0.15, 0.2) is 0 Å². The summed E-state index contributed by atoms with van der Waals surface area (Å²) in [5.41, 5.74) is 1.29. The van der Waals surface area contributed by atoms with Crippen LogP contribution in [0.3, 0.4) is 0 Å². The third-order valence-electron chi connectivity index (χ3n) is 2.45. The molecular weight excluding hydrogens is 254 g/mol. The van der Waals surface area contributed by atoms with Crippen molar-refractivity contribution in [2.45, 2.75) is 32.9 Å². The van der Waals surface area contributed by atoms with E-state index in [1.165, 1.54) is 12.0 Å². The molecule has 15 heavy (non-hydrogen) atoms. The SMILES string of the molecule is CC(C)N(CCCBr)Cc1cnn(C)c1. The Kier molecular flexibility index (Phi) is 5.32. The zero-order valence-corrected chi connectivity index (χ0v) is 11.4. The molecule has 0 saturated carbocycles. The lowest BCUT2D eigenvalue weighted by molar-refractivity contribution is 0.214. The van der Waals surface area contributed by atoms with Crippen molar-refractivity contribution in [1.82, 2.24) is 14.7 Å². The van der Waals surface area contributed by atoms with Crippen molar-refractivity contribution in [2.75, 3.05) is 11.9 Å². The summed E-state index contributed by atoms with van der Waals surface area (Å²) in [4.78, 5) is 2.47. The van der Waals surface area contributed by atoms with Crippen molar-refractivity contribution >= 4 is 15.9 Å². The Morgan fingerprint density at radius 3 is 2.73 bits per heavy atom. The molecule has 0 bridgehead atoms. The third kappa shape index (κ3) is 4.34. The molecule has 3 nitrogen and oxygen atoms in total. The van der Waals surface area contributed by atoms with Gasteiger partial charge in [-0.3, -0.25) is 9.58 Å². The molecule has 4 heteroatoms. The van der Waals surface area contributed by atoms with E-state index in [2.05, 4.69) is 46.0 Å². The summed E-state index contributed by atoms with van der Waals surface area (Å²) in [5.74, 6) is 0. The van der Waals surface area contributed by atoms with Crippen LogP contribution in [0.4, 0.5) is 0 Å². The lowest BCUT2D eigenvalue weighted by Crippen LogP contribution is -2.31. The Morgan fingerprint density at radius 2 is 2.27 bits per heavy atom. The molecule has 1 heterocycles. The molecule has 0 unspecified atom stereocenters. The fourth-order valence-corrected chi connectivity index (χ4v) is 1.82.